The molecule has 0 amide bonds. The van der Waals surface area contributed by atoms with E-state index in [0.717, 1.165) is 31.3 Å². The number of carbonyl (C=O) groups is 2. The summed E-state index contributed by atoms with van der Waals surface area (Å²) in [6.07, 6.45) is 4.79. The fraction of sp³-hybridized carbons (Fsp3) is 0.810. The lowest BCUT2D eigenvalue weighted by Gasteiger charge is -2.48. The first kappa shape index (κ1) is 19.4. The predicted molar refractivity (Wildman–Crippen MR) is 96.9 cm³/mol. The van der Waals surface area contributed by atoms with Crippen LogP contribution in [0.4, 0.5) is 0 Å². The summed E-state index contributed by atoms with van der Waals surface area (Å²) in [5, 5.41) is 10.4. The van der Waals surface area contributed by atoms with Gasteiger partial charge in [-0.2, -0.15) is 0 Å². The van der Waals surface area contributed by atoms with E-state index < -0.39 is 18.1 Å². The fourth-order valence-electron chi connectivity index (χ4n) is 5.89. The predicted octanol–water partition coefficient (Wildman–Crippen LogP) is 3.60. The second-order valence-electron chi connectivity index (χ2n) is 9.43. The van der Waals surface area contributed by atoms with E-state index >= 15 is 0 Å². The number of hydrogen-bond acceptors (Lipinski definition) is 5. The van der Waals surface area contributed by atoms with E-state index in [-0.39, 0.29) is 28.7 Å². The molecule has 0 spiro atoms. The molecule has 1 saturated carbocycles. The molecule has 0 radical (unpaired) electrons. The topological polar surface area (TPSA) is 72.8 Å². The molecule has 1 heterocycles. The van der Waals surface area contributed by atoms with E-state index in [1.165, 1.54) is 19.1 Å². The van der Waals surface area contributed by atoms with E-state index in [2.05, 4.69) is 20.8 Å². The molecule has 2 fully saturated rings. The number of aliphatic hydroxyl groups excluding tert-OH is 1. The molecule has 0 aromatic carbocycles. The number of aliphatic hydroxyl groups is 1. The Hall–Kier alpha value is -1.36. The quantitative estimate of drug-likeness (QED) is 0.612. The van der Waals surface area contributed by atoms with Crippen molar-refractivity contribution in [2.75, 3.05) is 7.11 Å². The molecule has 2 aliphatic carbocycles. The van der Waals surface area contributed by atoms with Crippen LogP contribution in [0.1, 0.15) is 66.2 Å². The van der Waals surface area contributed by atoms with Crippen LogP contribution in [0.3, 0.4) is 0 Å². The molecule has 1 saturated heterocycles. The van der Waals surface area contributed by atoms with Gasteiger partial charge in [-0.1, -0.05) is 32.8 Å². The minimum Gasteiger partial charge on any atom is -0.469 e. The summed E-state index contributed by atoms with van der Waals surface area (Å²) in [6.45, 7) is 8.72. The lowest BCUT2D eigenvalue weighted by molar-refractivity contribution is -0.156. The van der Waals surface area contributed by atoms with Gasteiger partial charge >= 0.3 is 11.9 Å². The van der Waals surface area contributed by atoms with Crippen molar-refractivity contribution in [2.45, 2.75) is 72.5 Å². The molecule has 26 heavy (non-hydrogen) atoms. The van der Waals surface area contributed by atoms with Gasteiger partial charge in [-0.3, -0.25) is 9.59 Å². The second kappa shape index (κ2) is 6.66. The highest BCUT2D eigenvalue weighted by Crippen LogP contribution is 2.56. The summed E-state index contributed by atoms with van der Waals surface area (Å²) in [7, 11) is 1.39. The Bertz CT molecular complexity index is 634. The average molecular weight is 364 g/mol. The Balaban J connectivity index is 2.10. The van der Waals surface area contributed by atoms with Crippen LogP contribution in [-0.2, 0) is 19.1 Å². The van der Waals surface area contributed by atoms with Crippen LogP contribution in [0.15, 0.2) is 11.1 Å². The van der Waals surface area contributed by atoms with Gasteiger partial charge in [0.2, 0.25) is 6.29 Å². The summed E-state index contributed by atoms with van der Waals surface area (Å²) in [4.78, 5) is 24.6. The molecule has 1 aliphatic heterocycles. The van der Waals surface area contributed by atoms with Gasteiger partial charge in [-0.25, -0.2) is 0 Å². The van der Waals surface area contributed by atoms with Crippen LogP contribution in [0.25, 0.3) is 0 Å². The Morgan fingerprint density at radius 2 is 2.00 bits per heavy atom. The zero-order valence-corrected chi connectivity index (χ0v) is 16.6. The van der Waals surface area contributed by atoms with Crippen LogP contribution in [0.5, 0.6) is 0 Å². The van der Waals surface area contributed by atoms with Crippen LogP contribution in [0, 0.1) is 28.6 Å². The lowest BCUT2D eigenvalue weighted by Crippen LogP contribution is -2.40. The van der Waals surface area contributed by atoms with Crippen molar-refractivity contribution in [3.63, 3.8) is 0 Å². The van der Waals surface area contributed by atoms with Gasteiger partial charge in [-0.05, 0) is 55.4 Å². The second-order valence-corrected chi connectivity index (χ2v) is 9.43. The highest BCUT2D eigenvalue weighted by atomic mass is 16.6. The van der Waals surface area contributed by atoms with Crippen LogP contribution < -0.4 is 0 Å². The number of carbonyl (C=O) groups excluding carboxylic acids is 2. The summed E-state index contributed by atoms with van der Waals surface area (Å²) < 4.78 is 10.1. The minimum atomic E-state index is -1.16. The zero-order chi connectivity index (χ0) is 19.3. The Morgan fingerprint density at radius 3 is 2.62 bits per heavy atom. The number of allylic oxidation sites excluding steroid dienone is 1. The lowest BCUT2D eigenvalue weighted by atomic mass is 9.56. The molecule has 146 valence electrons. The van der Waals surface area contributed by atoms with E-state index in [9.17, 15) is 14.7 Å². The third-order valence-electron chi connectivity index (χ3n) is 6.89. The van der Waals surface area contributed by atoms with Crippen LogP contribution in [0.2, 0.25) is 0 Å². The molecule has 0 aromatic heterocycles. The van der Waals surface area contributed by atoms with E-state index in [1.54, 1.807) is 0 Å². The van der Waals surface area contributed by atoms with Gasteiger partial charge in [0.25, 0.3) is 0 Å². The van der Waals surface area contributed by atoms with Gasteiger partial charge < -0.3 is 14.6 Å². The summed E-state index contributed by atoms with van der Waals surface area (Å²) in [6, 6.07) is 0. The smallest absolute Gasteiger partial charge is 0.312 e. The maximum atomic E-state index is 12.4. The zero-order valence-electron chi connectivity index (χ0n) is 16.6. The first-order valence-electron chi connectivity index (χ1n) is 9.79. The van der Waals surface area contributed by atoms with Gasteiger partial charge in [0.1, 0.15) is 0 Å². The Labute approximate surface area is 156 Å². The molecule has 3 rings (SSSR count). The number of methoxy groups -OCH3 is 1. The van der Waals surface area contributed by atoms with Crippen molar-refractivity contribution in [3.8, 4) is 0 Å². The van der Waals surface area contributed by atoms with Gasteiger partial charge in [-0.15, -0.1) is 0 Å². The molecule has 0 bridgehead atoms. The number of fused-ring (bicyclic) bond motifs is 1. The van der Waals surface area contributed by atoms with E-state index in [4.69, 9.17) is 9.47 Å². The van der Waals surface area contributed by atoms with Crippen molar-refractivity contribution >= 4 is 11.9 Å². The first-order valence-corrected chi connectivity index (χ1v) is 9.79. The third-order valence-corrected chi connectivity index (χ3v) is 6.89. The van der Waals surface area contributed by atoms with Crippen molar-refractivity contribution in [3.05, 3.63) is 11.1 Å². The molecular weight excluding hydrogens is 332 g/mol. The number of hydrogen-bond donors (Lipinski definition) is 1. The molecule has 0 unspecified atom stereocenters. The maximum Gasteiger partial charge on any atom is 0.312 e. The highest BCUT2D eigenvalue weighted by Gasteiger charge is 2.53. The molecule has 5 heteroatoms. The number of cyclic esters (lactones) is 1. The molecule has 0 aromatic rings. The largest absolute Gasteiger partial charge is 0.469 e. The van der Waals surface area contributed by atoms with Crippen molar-refractivity contribution < 1.29 is 24.2 Å². The number of rotatable bonds is 3. The third kappa shape index (κ3) is 3.19. The van der Waals surface area contributed by atoms with Crippen LogP contribution >= 0.6 is 0 Å². The SMILES string of the molecule is COC(=O)[C@H](C)C1=C([C@@]2(C)CCCC(C)(C)C2)CC[C@H]2C(=O)O[C@@H](O)[C@@H]12. The average Bonchev–Trinajstić information content (AvgIpc) is 2.86. The molecule has 3 aliphatic rings. The summed E-state index contributed by atoms with van der Waals surface area (Å²) in [5.74, 6) is -1.92. The first-order chi connectivity index (χ1) is 12.1. The van der Waals surface area contributed by atoms with Crippen LogP contribution in [-0.4, -0.2) is 30.4 Å². The molecule has 5 atom stereocenters. The highest BCUT2D eigenvalue weighted by molar-refractivity contribution is 5.80. The van der Waals surface area contributed by atoms with E-state index in [1.807, 2.05) is 6.92 Å². The van der Waals surface area contributed by atoms with Gasteiger partial charge in [0.05, 0.1) is 24.9 Å². The van der Waals surface area contributed by atoms with Crippen molar-refractivity contribution in [1.29, 1.82) is 0 Å². The Kier molecular flexibility index (Phi) is 4.97. The number of ether oxygens (including phenoxy) is 2. The fourth-order valence-corrected chi connectivity index (χ4v) is 5.89. The van der Waals surface area contributed by atoms with Gasteiger partial charge in [0, 0.05) is 0 Å². The monoisotopic (exact) mass is 364 g/mol. The maximum absolute atomic E-state index is 12.4. The Morgan fingerprint density at radius 1 is 1.31 bits per heavy atom. The normalized spacial score (nSPS) is 37.8. The van der Waals surface area contributed by atoms with E-state index in [0.29, 0.717) is 6.42 Å². The molecule has 1 N–H and O–H groups in total. The number of esters is 2. The van der Waals surface area contributed by atoms with Crippen molar-refractivity contribution in [2.24, 2.45) is 28.6 Å². The molecule has 5 nitrogen and oxygen atoms in total. The summed E-state index contributed by atoms with van der Waals surface area (Å²) in [5.41, 5.74) is 2.38. The molecular formula is C21H32O5. The van der Waals surface area contributed by atoms with Crippen molar-refractivity contribution in [1.82, 2.24) is 0 Å². The standard InChI is InChI=1S/C21H32O5/c1-12(17(22)25-5)15-14(21(4)10-6-9-20(2,3)11-21)8-7-13-16(15)19(24)26-18(13)23/h12-13,16,19,24H,6-11H2,1-5H3/t12-,13-,16-,19-,21+/m1/s1. The summed E-state index contributed by atoms with van der Waals surface area (Å²) >= 11 is 0. The minimum absolute atomic E-state index is 0.0182. The van der Waals surface area contributed by atoms with Gasteiger partial charge in [0.15, 0.2) is 0 Å².